The number of carbonyl (C=O) groups is 3. The van der Waals surface area contributed by atoms with Crippen LogP contribution in [0.1, 0.15) is 25.0 Å². The fourth-order valence-corrected chi connectivity index (χ4v) is 3.82. The molecule has 1 aliphatic rings. The number of benzene rings is 3. The van der Waals surface area contributed by atoms with Crippen LogP contribution in [0.3, 0.4) is 0 Å². The first-order valence-electron chi connectivity index (χ1n) is 11.0. The zero-order chi connectivity index (χ0) is 24.2. The van der Waals surface area contributed by atoms with Crippen molar-refractivity contribution >= 4 is 40.4 Å². The molecule has 7 nitrogen and oxygen atoms in total. The van der Waals surface area contributed by atoms with Crippen LogP contribution in [0.4, 0.5) is 17.1 Å². The van der Waals surface area contributed by atoms with Gasteiger partial charge in [-0.15, -0.1) is 0 Å². The van der Waals surface area contributed by atoms with Crippen molar-refractivity contribution in [2.75, 3.05) is 22.1 Å². The monoisotopic (exact) mass is 455 g/mol. The highest BCUT2D eigenvalue weighted by Gasteiger charge is 2.40. The second-order valence-corrected chi connectivity index (χ2v) is 7.85. The summed E-state index contributed by atoms with van der Waals surface area (Å²) in [5, 5.41) is 5.86. The van der Waals surface area contributed by atoms with Gasteiger partial charge in [-0.25, -0.2) is 4.90 Å². The largest absolute Gasteiger partial charge is 0.492 e. The SMILES string of the molecule is CCOc1ccccc1NC1=C(c2ccc(NC(C)=O)cc2)C(=O)N(c2cccc(C)c2)C1=O. The third kappa shape index (κ3) is 4.54. The van der Waals surface area contributed by atoms with Crippen molar-refractivity contribution in [3.8, 4) is 5.75 Å². The summed E-state index contributed by atoms with van der Waals surface area (Å²) in [6.45, 7) is 5.66. The average molecular weight is 456 g/mol. The van der Waals surface area contributed by atoms with Gasteiger partial charge in [-0.1, -0.05) is 36.4 Å². The molecule has 7 heteroatoms. The minimum atomic E-state index is -0.456. The molecular formula is C27H25N3O4. The predicted octanol–water partition coefficient (Wildman–Crippen LogP) is 4.75. The molecule has 3 amide bonds. The van der Waals surface area contributed by atoms with Crippen molar-refractivity contribution in [2.24, 2.45) is 0 Å². The molecule has 3 aromatic carbocycles. The average Bonchev–Trinajstić information content (AvgIpc) is 3.05. The highest BCUT2D eigenvalue weighted by molar-refractivity contribution is 6.46. The summed E-state index contributed by atoms with van der Waals surface area (Å²) in [6, 6.07) is 21.3. The molecule has 0 aliphatic carbocycles. The third-order valence-corrected chi connectivity index (χ3v) is 5.28. The van der Waals surface area contributed by atoms with E-state index in [0.29, 0.717) is 35.0 Å². The maximum Gasteiger partial charge on any atom is 0.282 e. The van der Waals surface area contributed by atoms with Gasteiger partial charge in [-0.2, -0.15) is 0 Å². The number of imide groups is 1. The number of aryl methyl sites for hydroxylation is 1. The van der Waals surface area contributed by atoms with E-state index in [1.807, 2.05) is 38.1 Å². The first-order valence-corrected chi connectivity index (χ1v) is 11.0. The number of rotatable bonds is 7. The van der Waals surface area contributed by atoms with Gasteiger partial charge in [0.05, 0.1) is 23.6 Å². The van der Waals surface area contributed by atoms with Crippen LogP contribution in [0.2, 0.25) is 0 Å². The molecule has 0 unspecified atom stereocenters. The summed E-state index contributed by atoms with van der Waals surface area (Å²) in [6.07, 6.45) is 0. The van der Waals surface area contributed by atoms with Crippen molar-refractivity contribution in [2.45, 2.75) is 20.8 Å². The van der Waals surface area contributed by atoms with Crippen molar-refractivity contribution < 1.29 is 19.1 Å². The number of carbonyl (C=O) groups excluding carboxylic acids is 3. The first-order chi connectivity index (χ1) is 16.4. The van der Waals surface area contributed by atoms with Crippen LogP contribution >= 0.6 is 0 Å². The molecule has 0 radical (unpaired) electrons. The fraction of sp³-hybridized carbons (Fsp3) is 0.148. The Morgan fingerprint density at radius 1 is 0.941 bits per heavy atom. The lowest BCUT2D eigenvalue weighted by Gasteiger charge is -2.16. The van der Waals surface area contributed by atoms with Crippen LogP contribution in [0.15, 0.2) is 78.5 Å². The van der Waals surface area contributed by atoms with Crippen molar-refractivity contribution in [3.63, 3.8) is 0 Å². The number of ether oxygens (including phenoxy) is 1. The quantitative estimate of drug-likeness (QED) is 0.502. The van der Waals surface area contributed by atoms with Gasteiger partial charge in [0.25, 0.3) is 11.8 Å². The molecule has 1 aliphatic heterocycles. The molecule has 0 atom stereocenters. The van der Waals surface area contributed by atoms with Crippen LogP contribution < -0.4 is 20.3 Å². The van der Waals surface area contributed by atoms with Crippen LogP contribution in [0.25, 0.3) is 5.57 Å². The van der Waals surface area contributed by atoms with Gasteiger partial charge < -0.3 is 15.4 Å². The smallest absolute Gasteiger partial charge is 0.282 e. The Morgan fingerprint density at radius 2 is 1.68 bits per heavy atom. The van der Waals surface area contributed by atoms with E-state index >= 15 is 0 Å². The molecule has 0 bridgehead atoms. The fourth-order valence-electron chi connectivity index (χ4n) is 3.82. The number of nitrogens with zero attached hydrogens (tertiary/aromatic N) is 1. The molecule has 172 valence electrons. The van der Waals surface area contributed by atoms with Crippen molar-refractivity contribution in [1.29, 1.82) is 0 Å². The van der Waals surface area contributed by atoms with E-state index in [4.69, 9.17) is 4.74 Å². The van der Waals surface area contributed by atoms with Gasteiger partial charge in [0.2, 0.25) is 5.91 Å². The van der Waals surface area contributed by atoms with E-state index < -0.39 is 11.8 Å². The summed E-state index contributed by atoms with van der Waals surface area (Å²) in [4.78, 5) is 39.7. The molecule has 34 heavy (non-hydrogen) atoms. The second kappa shape index (κ2) is 9.62. The number of para-hydroxylation sites is 2. The summed E-state index contributed by atoms with van der Waals surface area (Å²) >= 11 is 0. The molecule has 0 spiro atoms. The Morgan fingerprint density at radius 3 is 2.35 bits per heavy atom. The zero-order valence-electron chi connectivity index (χ0n) is 19.2. The number of nitrogens with one attached hydrogen (secondary N) is 2. The molecule has 0 saturated carbocycles. The van der Waals surface area contributed by atoms with E-state index in [1.165, 1.54) is 11.8 Å². The predicted molar refractivity (Wildman–Crippen MR) is 133 cm³/mol. The minimum Gasteiger partial charge on any atom is -0.492 e. The topological polar surface area (TPSA) is 87.7 Å². The van der Waals surface area contributed by atoms with Crippen LogP contribution in [-0.4, -0.2) is 24.3 Å². The molecule has 0 saturated heterocycles. The van der Waals surface area contributed by atoms with Crippen LogP contribution in [0, 0.1) is 6.92 Å². The lowest BCUT2D eigenvalue weighted by molar-refractivity contribution is -0.120. The van der Waals surface area contributed by atoms with Crippen molar-refractivity contribution in [3.05, 3.63) is 89.6 Å². The number of amides is 3. The normalized spacial score (nSPS) is 13.3. The summed E-state index contributed by atoms with van der Waals surface area (Å²) in [5.41, 5.74) is 3.57. The maximum atomic E-state index is 13.6. The van der Waals surface area contributed by atoms with E-state index in [1.54, 1.807) is 48.5 Å². The lowest BCUT2D eigenvalue weighted by Crippen LogP contribution is -2.32. The molecule has 1 heterocycles. The summed E-state index contributed by atoms with van der Waals surface area (Å²) in [5.74, 6) is -0.506. The standard InChI is InChI=1S/C27H25N3O4/c1-4-34-23-11-6-5-10-22(23)29-25-24(19-12-14-20(15-13-19)28-18(3)31)26(32)30(27(25)33)21-9-7-8-17(2)16-21/h5-16,29H,4H2,1-3H3,(H,28,31). The number of anilines is 3. The lowest BCUT2D eigenvalue weighted by atomic mass is 10.0. The van der Waals surface area contributed by atoms with E-state index in [-0.39, 0.29) is 17.2 Å². The van der Waals surface area contributed by atoms with Gasteiger partial charge in [-0.05, 0) is 61.4 Å². The van der Waals surface area contributed by atoms with Crippen LogP contribution in [0.5, 0.6) is 5.75 Å². The number of hydrogen-bond donors (Lipinski definition) is 2. The van der Waals surface area contributed by atoms with E-state index in [0.717, 1.165) is 5.56 Å². The maximum absolute atomic E-state index is 13.6. The first kappa shape index (κ1) is 22.8. The molecule has 0 fully saturated rings. The van der Waals surface area contributed by atoms with Gasteiger partial charge in [0.15, 0.2) is 0 Å². The zero-order valence-corrected chi connectivity index (χ0v) is 19.2. The summed E-state index contributed by atoms with van der Waals surface area (Å²) < 4.78 is 5.70. The Bertz CT molecular complexity index is 1300. The minimum absolute atomic E-state index is 0.158. The molecule has 2 N–H and O–H groups in total. The van der Waals surface area contributed by atoms with Gasteiger partial charge in [-0.3, -0.25) is 14.4 Å². The molecule has 0 aromatic heterocycles. The van der Waals surface area contributed by atoms with Gasteiger partial charge in [0, 0.05) is 12.6 Å². The Hall–Kier alpha value is -4.39. The molecular weight excluding hydrogens is 430 g/mol. The second-order valence-electron chi connectivity index (χ2n) is 7.85. The van der Waals surface area contributed by atoms with Gasteiger partial charge >= 0.3 is 0 Å². The molecule has 3 aromatic rings. The molecule has 4 rings (SSSR count). The van der Waals surface area contributed by atoms with Gasteiger partial charge in [0.1, 0.15) is 11.4 Å². The summed E-state index contributed by atoms with van der Waals surface area (Å²) in [7, 11) is 0. The highest BCUT2D eigenvalue weighted by atomic mass is 16.5. The van der Waals surface area contributed by atoms with Crippen molar-refractivity contribution in [1.82, 2.24) is 0 Å². The van der Waals surface area contributed by atoms with E-state index in [2.05, 4.69) is 10.6 Å². The van der Waals surface area contributed by atoms with E-state index in [9.17, 15) is 14.4 Å². The third-order valence-electron chi connectivity index (χ3n) is 5.28. The Labute approximate surface area is 198 Å². The Kier molecular flexibility index (Phi) is 6.45. The highest BCUT2D eigenvalue weighted by Crippen LogP contribution is 2.36. The van der Waals surface area contributed by atoms with Crippen LogP contribution in [-0.2, 0) is 14.4 Å². The number of hydrogen-bond acceptors (Lipinski definition) is 5. The Balaban J connectivity index is 1.80.